The number of hydrogen-bond acceptors (Lipinski definition) is 6. The van der Waals surface area contributed by atoms with Gasteiger partial charge < -0.3 is 25.1 Å². The van der Waals surface area contributed by atoms with E-state index in [0.29, 0.717) is 53.5 Å². The Balaban J connectivity index is 1.82. The number of benzene rings is 1. The minimum atomic E-state index is -0.401. The normalized spacial score (nSPS) is 10.7. The van der Waals surface area contributed by atoms with Gasteiger partial charge in [-0.05, 0) is 50.2 Å². The van der Waals surface area contributed by atoms with E-state index in [9.17, 15) is 9.59 Å². The Morgan fingerprint density at radius 2 is 2.13 bits per heavy atom. The third-order valence-corrected chi connectivity index (χ3v) is 4.72. The highest BCUT2D eigenvalue weighted by molar-refractivity contribution is 6.06. The molecule has 2 aromatic heterocycles. The van der Waals surface area contributed by atoms with E-state index in [1.54, 1.807) is 55.5 Å². The molecule has 4 N–H and O–H groups in total. The van der Waals surface area contributed by atoms with E-state index >= 15 is 0 Å². The number of rotatable bonds is 8. The van der Waals surface area contributed by atoms with Crippen LogP contribution in [-0.4, -0.2) is 54.2 Å². The molecule has 9 heteroatoms. The van der Waals surface area contributed by atoms with Crippen LogP contribution in [0.3, 0.4) is 0 Å². The lowest BCUT2D eigenvalue weighted by Gasteiger charge is -2.19. The van der Waals surface area contributed by atoms with Crippen molar-refractivity contribution in [2.75, 3.05) is 32.6 Å². The second-order valence-corrected chi connectivity index (χ2v) is 6.79. The van der Waals surface area contributed by atoms with Crippen molar-refractivity contribution >= 4 is 17.5 Å². The van der Waals surface area contributed by atoms with Gasteiger partial charge in [-0.2, -0.15) is 5.10 Å². The molecule has 0 spiro atoms. The zero-order valence-corrected chi connectivity index (χ0v) is 17.2. The summed E-state index contributed by atoms with van der Waals surface area (Å²) in [5.41, 5.74) is 7.87. The molecule has 2 amide bonds. The van der Waals surface area contributed by atoms with E-state index in [-0.39, 0.29) is 11.6 Å². The third kappa shape index (κ3) is 4.36. The fourth-order valence-corrected chi connectivity index (χ4v) is 3.06. The zero-order valence-electron chi connectivity index (χ0n) is 17.2. The Bertz CT molecular complexity index is 1030. The first-order valence-corrected chi connectivity index (χ1v) is 9.50. The lowest BCUT2D eigenvalue weighted by molar-refractivity contribution is 0.0790. The number of methoxy groups -OCH3 is 1. The highest BCUT2D eigenvalue weighted by Gasteiger charge is 2.21. The Labute approximate surface area is 174 Å². The molecule has 0 unspecified atom stereocenters. The number of aromatic amines is 1. The molecule has 0 radical (unpaired) electrons. The smallest absolute Gasteiger partial charge is 0.276 e. The van der Waals surface area contributed by atoms with Crippen molar-refractivity contribution in [1.29, 1.82) is 0 Å². The number of amides is 2. The molecule has 1 aromatic carbocycles. The van der Waals surface area contributed by atoms with Gasteiger partial charge in [0.2, 0.25) is 0 Å². The SMILES string of the molecule is COc1ccc(NC(=O)c2n[nH]c(-c3ccco3)c2C)cc1C(=O)N(C)CCCN. The van der Waals surface area contributed by atoms with Crippen LogP contribution in [0, 0.1) is 6.92 Å². The molecule has 3 rings (SSSR count). The number of nitrogens with two attached hydrogens (primary N) is 1. The lowest BCUT2D eigenvalue weighted by Crippen LogP contribution is -2.29. The molecule has 0 aliphatic carbocycles. The van der Waals surface area contributed by atoms with Gasteiger partial charge in [-0.25, -0.2) is 0 Å². The van der Waals surface area contributed by atoms with Crippen LogP contribution in [0.5, 0.6) is 5.75 Å². The van der Waals surface area contributed by atoms with Crippen LogP contribution in [0.2, 0.25) is 0 Å². The maximum atomic E-state index is 12.8. The first-order chi connectivity index (χ1) is 14.5. The van der Waals surface area contributed by atoms with Crippen molar-refractivity contribution in [3.8, 4) is 17.2 Å². The van der Waals surface area contributed by atoms with Gasteiger partial charge in [-0.15, -0.1) is 0 Å². The van der Waals surface area contributed by atoms with E-state index in [0.717, 1.165) is 0 Å². The molecular formula is C21H25N5O4. The van der Waals surface area contributed by atoms with Gasteiger partial charge in [0.05, 0.1) is 18.9 Å². The quantitative estimate of drug-likeness (QED) is 0.523. The highest BCUT2D eigenvalue weighted by Crippen LogP contribution is 2.26. The Morgan fingerprint density at radius 1 is 1.33 bits per heavy atom. The fraction of sp³-hybridized carbons (Fsp3) is 0.286. The van der Waals surface area contributed by atoms with Crippen LogP contribution in [0.4, 0.5) is 5.69 Å². The maximum Gasteiger partial charge on any atom is 0.276 e. The summed E-state index contributed by atoms with van der Waals surface area (Å²) in [5, 5.41) is 9.73. The van der Waals surface area contributed by atoms with Crippen LogP contribution >= 0.6 is 0 Å². The van der Waals surface area contributed by atoms with Crippen LogP contribution in [0.1, 0.15) is 32.8 Å². The number of nitrogens with zero attached hydrogens (tertiary/aromatic N) is 2. The van der Waals surface area contributed by atoms with E-state index in [2.05, 4.69) is 15.5 Å². The van der Waals surface area contributed by atoms with Crippen LogP contribution in [0.15, 0.2) is 41.0 Å². The number of aromatic nitrogens is 2. The number of hydrogen-bond donors (Lipinski definition) is 3. The zero-order chi connectivity index (χ0) is 21.7. The topological polar surface area (TPSA) is 126 Å². The largest absolute Gasteiger partial charge is 0.496 e. The first kappa shape index (κ1) is 21.1. The van der Waals surface area contributed by atoms with Crippen molar-refractivity contribution in [2.24, 2.45) is 5.73 Å². The molecule has 0 aliphatic rings. The summed E-state index contributed by atoms with van der Waals surface area (Å²) < 4.78 is 10.7. The standard InChI is InChI=1S/C21H25N5O4/c1-13-18(17-6-4-11-30-17)24-25-19(13)20(27)23-14-7-8-16(29-3)15(12-14)21(28)26(2)10-5-9-22/h4,6-8,11-12H,5,9-10,22H2,1-3H3,(H,23,27)(H,24,25). The number of carbonyl (C=O) groups excluding carboxylic acids is 2. The minimum Gasteiger partial charge on any atom is -0.496 e. The molecule has 158 valence electrons. The highest BCUT2D eigenvalue weighted by atomic mass is 16.5. The van der Waals surface area contributed by atoms with Crippen molar-refractivity contribution < 1.29 is 18.7 Å². The third-order valence-electron chi connectivity index (χ3n) is 4.72. The Morgan fingerprint density at radius 3 is 2.80 bits per heavy atom. The van der Waals surface area contributed by atoms with Gasteiger partial charge in [0.25, 0.3) is 11.8 Å². The lowest BCUT2D eigenvalue weighted by atomic mass is 10.1. The molecule has 30 heavy (non-hydrogen) atoms. The second kappa shape index (κ2) is 9.27. The van der Waals surface area contributed by atoms with Crippen molar-refractivity contribution in [2.45, 2.75) is 13.3 Å². The molecule has 0 saturated carbocycles. The van der Waals surface area contributed by atoms with Crippen molar-refractivity contribution in [1.82, 2.24) is 15.1 Å². The van der Waals surface area contributed by atoms with Gasteiger partial charge >= 0.3 is 0 Å². The molecule has 0 bridgehead atoms. The van der Waals surface area contributed by atoms with Crippen LogP contribution in [0.25, 0.3) is 11.5 Å². The van der Waals surface area contributed by atoms with Gasteiger partial charge in [0.15, 0.2) is 11.5 Å². The summed E-state index contributed by atoms with van der Waals surface area (Å²) in [7, 11) is 3.19. The maximum absolute atomic E-state index is 12.8. The number of anilines is 1. The average molecular weight is 411 g/mol. The second-order valence-electron chi connectivity index (χ2n) is 6.79. The molecule has 2 heterocycles. The molecule has 3 aromatic rings. The summed E-state index contributed by atoms with van der Waals surface area (Å²) in [6.45, 7) is 2.80. The van der Waals surface area contributed by atoms with Crippen LogP contribution < -0.4 is 15.8 Å². The Kier molecular flexibility index (Phi) is 6.53. The van der Waals surface area contributed by atoms with E-state index in [1.165, 1.54) is 7.11 Å². The van der Waals surface area contributed by atoms with E-state index < -0.39 is 5.91 Å². The molecular weight excluding hydrogens is 386 g/mol. The number of furan rings is 1. The van der Waals surface area contributed by atoms with Gasteiger partial charge in [0.1, 0.15) is 11.4 Å². The number of carbonyl (C=O) groups is 2. The number of ether oxygens (including phenoxy) is 1. The van der Waals surface area contributed by atoms with Gasteiger partial charge in [0, 0.05) is 24.8 Å². The minimum absolute atomic E-state index is 0.215. The molecule has 0 atom stereocenters. The van der Waals surface area contributed by atoms with E-state index in [4.69, 9.17) is 14.9 Å². The summed E-state index contributed by atoms with van der Waals surface area (Å²) in [6, 6.07) is 8.45. The predicted molar refractivity (Wildman–Crippen MR) is 113 cm³/mol. The van der Waals surface area contributed by atoms with Crippen LogP contribution in [-0.2, 0) is 0 Å². The Hall–Kier alpha value is -3.59. The fourth-order valence-electron chi connectivity index (χ4n) is 3.06. The number of H-pyrrole nitrogens is 1. The average Bonchev–Trinajstić information content (AvgIpc) is 3.40. The summed E-state index contributed by atoms with van der Waals surface area (Å²) in [5.74, 6) is 0.402. The molecule has 0 aliphatic heterocycles. The summed E-state index contributed by atoms with van der Waals surface area (Å²) in [6.07, 6.45) is 2.24. The monoisotopic (exact) mass is 411 g/mol. The van der Waals surface area contributed by atoms with E-state index in [1.807, 2.05) is 0 Å². The predicted octanol–water partition coefficient (Wildman–Crippen LogP) is 2.66. The summed E-state index contributed by atoms with van der Waals surface area (Å²) >= 11 is 0. The van der Waals surface area contributed by atoms with Gasteiger partial charge in [-0.1, -0.05) is 0 Å². The summed E-state index contributed by atoms with van der Waals surface area (Å²) in [4.78, 5) is 27.1. The molecule has 0 saturated heterocycles. The first-order valence-electron chi connectivity index (χ1n) is 9.50. The number of nitrogens with one attached hydrogen (secondary N) is 2. The van der Waals surface area contributed by atoms with Crippen molar-refractivity contribution in [3.63, 3.8) is 0 Å². The molecule has 0 fully saturated rings. The van der Waals surface area contributed by atoms with Gasteiger partial charge in [-0.3, -0.25) is 14.7 Å². The van der Waals surface area contributed by atoms with Crippen molar-refractivity contribution in [3.05, 3.63) is 53.4 Å². The molecule has 9 nitrogen and oxygen atoms in total.